The molecule has 0 fully saturated rings. The Hall–Kier alpha value is -3.56. The molecule has 0 saturated heterocycles. The van der Waals surface area contributed by atoms with E-state index in [1.54, 1.807) is 18.2 Å². The smallest absolute Gasteiger partial charge is 0.260 e. The predicted molar refractivity (Wildman–Crippen MR) is 133 cm³/mol. The zero-order valence-corrected chi connectivity index (χ0v) is 20.2. The molecule has 3 aromatic rings. The summed E-state index contributed by atoms with van der Waals surface area (Å²) in [7, 11) is -2.42. The van der Waals surface area contributed by atoms with Crippen LogP contribution in [0.15, 0.2) is 77.9 Å². The van der Waals surface area contributed by atoms with Gasteiger partial charge in [-0.15, -0.1) is 0 Å². The minimum atomic E-state index is -3.82. The number of para-hydroxylation sites is 1. The van der Waals surface area contributed by atoms with Gasteiger partial charge < -0.3 is 9.47 Å². The third kappa shape index (κ3) is 6.97. The molecular formula is C24H24ClN3O5S. The van der Waals surface area contributed by atoms with Gasteiger partial charge in [-0.05, 0) is 35.9 Å². The van der Waals surface area contributed by atoms with E-state index in [2.05, 4.69) is 10.5 Å². The highest BCUT2D eigenvalue weighted by molar-refractivity contribution is 7.92. The number of hydrogen-bond donors (Lipinski definition) is 1. The van der Waals surface area contributed by atoms with Crippen LogP contribution in [0.3, 0.4) is 0 Å². The van der Waals surface area contributed by atoms with Gasteiger partial charge in [-0.25, -0.2) is 13.8 Å². The third-order valence-electron chi connectivity index (χ3n) is 4.65. The van der Waals surface area contributed by atoms with Crippen molar-refractivity contribution in [2.75, 3.05) is 24.2 Å². The number of hydrazone groups is 1. The van der Waals surface area contributed by atoms with E-state index in [1.807, 2.05) is 42.5 Å². The zero-order chi connectivity index (χ0) is 24.6. The Morgan fingerprint density at radius 1 is 1.06 bits per heavy atom. The Balaban J connectivity index is 1.69. The summed E-state index contributed by atoms with van der Waals surface area (Å²) in [5.74, 6) is 0.202. The summed E-state index contributed by atoms with van der Waals surface area (Å²) in [6.45, 7) is -0.137. The summed E-state index contributed by atoms with van der Waals surface area (Å²) in [6.07, 6.45) is 2.42. The van der Waals surface area contributed by atoms with E-state index in [-0.39, 0.29) is 11.4 Å². The van der Waals surface area contributed by atoms with Crippen molar-refractivity contribution in [1.29, 1.82) is 0 Å². The average Bonchev–Trinajstić information content (AvgIpc) is 2.82. The standard InChI is InChI=1S/C24H24ClN3O5S/c1-32-23-13-12-20(25)14-21(23)28(34(2,30)31)16-24(29)27-26-15-19-10-6-7-11-22(19)33-17-18-8-4-3-5-9-18/h3-15H,16-17H2,1-2H3,(H,27,29)/b26-15-. The molecule has 3 rings (SSSR count). The van der Waals surface area contributed by atoms with E-state index in [0.29, 0.717) is 22.9 Å². The number of methoxy groups -OCH3 is 1. The van der Waals surface area contributed by atoms with Crippen molar-refractivity contribution in [2.24, 2.45) is 5.10 Å². The highest BCUT2D eigenvalue weighted by Gasteiger charge is 2.24. The summed E-state index contributed by atoms with van der Waals surface area (Å²) >= 11 is 6.02. The molecule has 34 heavy (non-hydrogen) atoms. The first-order valence-electron chi connectivity index (χ1n) is 10.2. The van der Waals surface area contributed by atoms with Crippen LogP contribution in [0.1, 0.15) is 11.1 Å². The van der Waals surface area contributed by atoms with E-state index in [9.17, 15) is 13.2 Å². The zero-order valence-electron chi connectivity index (χ0n) is 18.6. The maximum atomic E-state index is 12.5. The monoisotopic (exact) mass is 501 g/mol. The van der Waals surface area contributed by atoms with Gasteiger partial charge in [-0.1, -0.05) is 54.1 Å². The van der Waals surface area contributed by atoms with Gasteiger partial charge in [-0.3, -0.25) is 9.10 Å². The number of benzene rings is 3. The van der Waals surface area contributed by atoms with Gasteiger partial charge in [0.25, 0.3) is 5.91 Å². The maximum absolute atomic E-state index is 12.5. The van der Waals surface area contributed by atoms with Crippen molar-refractivity contribution in [3.05, 3.63) is 88.9 Å². The fourth-order valence-corrected chi connectivity index (χ4v) is 4.05. The van der Waals surface area contributed by atoms with Crippen molar-refractivity contribution in [2.45, 2.75) is 6.61 Å². The van der Waals surface area contributed by atoms with Crippen molar-refractivity contribution in [3.8, 4) is 11.5 Å². The molecule has 3 aromatic carbocycles. The van der Waals surface area contributed by atoms with Gasteiger partial charge in [0.2, 0.25) is 10.0 Å². The molecule has 0 radical (unpaired) electrons. The van der Waals surface area contributed by atoms with Crippen LogP contribution in [0.5, 0.6) is 11.5 Å². The topological polar surface area (TPSA) is 97.3 Å². The fraction of sp³-hybridized carbons (Fsp3) is 0.167. The minimum absolute atomic E-state index is 0.149. The number of halogens is 1. The first-order valence-corrected chi connectivity index (χ1v) is 12.4. The largest absolute Gasteiger partial charge is 0.495 e. The van der Waals surface area contributed by atoms with E-state index in [1.165, 1.54) is 25.5 Å². The number of carbonyl (C=O) groups excluding carboxylic acids is 1. The molecule has 0 bridgehead atoms. The van der Waals surface area contributed by atoms with Crippen molar-refractivity contribution < 1.29 is 22.7 Å². The van der Waals surface area contributed by atoms with Crippen LogP contribution >= 0.6 is 11.6 Å². The first-order chi connectivity index (χ1) is 16.3. The predicted octanol–water partition coefficient (Wildman–Crippen LogP) is 3.84. The molecular weight excluding hydrogens is 478 g/mol. The summed E-state index contributed by atoms with van der Waals surface area (Å²) in [5.41, 5.74) is 4.16. The fourth-order valence-electron chi connectivity index (χ4n) is 3.03. The molecule has 0 aliphatic carbocycles. The Kier molecular flexibility index (Phi) is 8.50. The molecule has 0 heterocycles. The van der Waals surface area contributed by atoms with E-state index >= 15 is 0 Å². The van der Waals surface area contributed by atoms with E-state index in [4.69, 9.17) is 21.1 Å². The summed E-state index contributed by atoms with van der Waals surface area (Å²) in [5, 5.41) is 4.26. The van der Waals surface area contributed by atoms with Crippen LogP contribution in [0.4, 0.5) is 5.69 Å². The van der Waals surface area contributed by atoms with Gasteiger partial charge in [0, 0.05) is 10.6 Å². The van der Waals surface area contributed by atoms with Gasteiger partial charge in [0.15, 0.2) is 0 Å². The Morgan fingerprint density at radius 3 is 2.47 bits per heavy atom. The number of anilines is 1. The lowest BCUT2D eigenvalue weighted by Gasteiger charge is -2.23. The average molecular weight is 502 g/mol. The molecule has 8 nitrogen and oxygen atoms in total. The Morgan fingerprint density at radius 2 is 1.76 bits per heavy atom. The van der Waals surface area contributed by atoms with Crippen molar-refractivity contribution in [3.63, 3.8) is 0 Å². The number of rotatable bonds is 10. The maximum Gasteiger partial charge on any atom is 0.260 e. The molecule has 0 spiro atoms. The summed E-state index contributed by atoms with van der Waals surface area (Å²) < 4.78 is 36.7. The second-order valence-electron chi connectivity index (χ2n) is 7.19. The molecule has 10 heteroatoms. The second kappa shape index (κ2) is 11.5. The molecule has 0 atom stereocenters. The molecule has 0 saturated carbocycles. The van der Waals surface area contributed by atoms with Crippen LogP contribution < -0.4 is 19.2 Å². The number of carbonyl (C=O) groups is 1. The number of amides is 1. The second-order valence-corrected chi connectivity index (χ2v) is 9.53. The normalized spacial score (nSPS) is 11.3. The molecule has 0 aromatic heterocycles. The molecule has 0 aliphatic heterocycles. The van der Waals surface area contributed by atoms with Crippen LogP contribution in [-0.4, -0.2) is 40.4 Å². The van der Waals surface area contributed by atoms with Gasteiger partial charge in [-0.2, -0.15) is 5.10 Å². The Labute approximate surface area is 203 Å². The van der Waals surface area contributed by atoms with Crippen LogP contribution in [0.25, 0.3) is 0 Å². The highest BCUT2D eigenvalue weighted by Crippen LogP contribution is 2.32. The first kappa shape index (κ1) is 25.1. The SMILES string of the molecule is COc1ccc(Cl)cc1N(CC(=O)N/N=C\c1ccccc1OCc1ccccc1)S(C)(=O)=O. The number of hydrogen-bond acceptors (Lipinski definition) is 6. The van der Waals surface area contributed by atoms with E-state index in [0.717, 1.165) is 16.1 Å². The number of sulfonamides is 1. The van der Waals surface area contributed by atoms with E-state index < -0.39 is 22.5 Å². The van der Waals surface area contributed by atoms with Gasteiger partial charge in [0.05, 0.1) is 25.3 Å². The molecule has 178 valence electrons. The number of nitrogens with one attached hydrogen (secondary N) is 1. The lowest BCUT2D eigenvalue weighted by molar-refractivity contribution is -0.119. The summed E-state index contributed by atoms with van der Waals surface area (Å²) in [6, 6.07) is 21.4. The number of nitrogens with zero attached hydrogens (tertiary/aromatic N) is 2. The summed E-state index contributed by atoms with van der Waals surface area (Å²) in [4.78, 5) is 12.5. The third-order valence-corrected chi connectivity index (χ3v) is 6.01. The minimum Gasteiger partial charge on any atom is -0.495 e. The van der Waals surface area contributed by atoms with Gasteiger partial charge >= 0.3 is 0 Å². The van der Waals surface area contributed by atoms with Crippen LogP contribution in [-0.2, 0) is 21.4 Å². The molecule has 1 N–H and O–H groups in total. The molecule has 0 unspecified atom stereocenters. The van der Waals surface area contributed by atoms with Crippen LogP contribution in [0, 0.1) is 0 Å². The Bertz CT molecular complexity index is 1270. The quantitative estimate of drug-likeness (QED) is 0.336. The van der Waals surface area contributed by atoms with Crippen LogP contribution in [0.2, 0.25) is 5.02 Å². The van der Waals surface area contributed by atoms with Gasteiger partial charge in [0.1, 0.15) is 24.7 Å². The molecule has 0 aliphatic rings. The van der Waals surface area contributed by atoms with Crippen molar-refractivity contribution >= 4 is 39.4 Å². The van der Waals surface area contributed by atoms with Crippen molar-refractivity contribution in [1.82, 2.24) is 5.43 Å². The lowest BCUT2D eigenvalue weighted by Crippen LogP contribution is -2.39. The number of ether oxygens (including phenoxy) is 2. The molecule has 1 amide bonds. The highest BCUT2D eigenvalue weighted by atomic mass is 35.5. The lowest BCUT2D eigenvalue weighted by atomic mass is 10.2.